The molecule has 0 saturated carbocycles. The van der Waals surface area contributed by atoms with Crippen molar-refractivity contribution in [2.75, 3.05) is 5.32 Å². The second-order valence-electron chi connectivity index (χ2n) is 5.43. The van der Waals surface area contributed by atoms with Crippen molar-refractivity contribution in [3.8, 4) is 5.75 Å². The Morgan fingerprint density at radius 3 is 2.83 bits per heavy atom. The van der Waals surface area contributed by atoms with E-state index in [0.29, 0.717) is 0 Å². The summed E-state index contributed by atoms with van der Waals surface area (Å²) in [5, 5.41) is 16.8. The maximum Gasteiger partial charge on any atom is 0.146 e. The first-order valence-electron chi connectivity index (χ1n) is 7.14. The van der Waals surface area contributed by atoms with E-state index in [2.05, 4.69) is 34.7 Å². The smallest absolute Gasteiger partial charge is 0.146 e. The molecule has 2 N–H and O–H groups in total. The number of halogens is 1. The molecule has 0 aliphatic rings. The SMILES string of the molecule is Cc1csc2cc3c(Nc4cc(O)ccc4F)ccnc3cc12. The van der Waals surface area contributed by atoms with E-state index in [0.717, 1.165) is 16.6 Å². The summed E-state index contributed by atoms with van der Waals surface area (Å²) in [4.78, 5) is 4.42. The summed E-state index contributed by atoms with van der Waals surface area (Å²) in [6.45, 7) is 2.08. The van der Waals surface area contributed by atoms with Crippen LogP contribution in [0.15, 0.2) is 48.0 Å². The molecular formula is C18H13FN2OS. The zero-order chi connectivity index (χ0) is 16.0. The molecule has 23 heavy (non-hydrogen) atoms. The van der Waals surface area contributed by atoms with Crippen LogP contribution in [0.25, 0.3) is 21.0 Å². The van der Waals surface area contributed by atoms with Gasteiger partial charge in [0.1, 0.15) is 11.6 Å². The van der Waals surface area contributed by atoms with Gasteiger partial charge in [0.05, 0.1) is 11.2 Å². The molecule has 5 heteroatoms. The Hall–Kier alpha value is -2.66. The number of rotatable bonds is 2. The molecule has 114 valence electrons. The number of phenols is 1. The van der Waals surface area contributed by atoms with E-state index in [4.69, 9.17) is 0 Å². The highest BCUT2D eigenvalue weighted by Crippen LogP contribution is 2.34. The molecule has 0 spiro atoms. The summed E-state index contributed by atoms with van der Waals surface area (Å²) in [6.07, 6.45) is 1.69. The quantitative estimate of drug-likeness (QED) is 0.523. The highest BCUT2D eigenvalue weighted by Gasteiger charge is 2.09. The van der Waals surface area contributed by atoms with Crippen molar-refractivity contribution in [1.29, 1.82) is 0 Å². The minimum Gasteiger partial charge on any atom is -0.508 e. The number of fused-ring (bicyclic) bond motifs is 2. The van der Waals surface area contributed by atoms with Crippen LogP contribution < -0.4 is 5.32 Å². The molecule has 0 amide bonds. The Labute approximate surface area is 136 Å². The number of anilines is 2. The zero-order valence-electron chi connectivity index (χ0n) is 12.3. The van der Waals surface area contributed by atoms with E-state index >= 15 is 0 Å². The van der Waals surface area contributed by atoms with E-state index in [1.807, 2.05) is 0 Å². The maximum absolute atomic E-state index is 13.9. The molecule has 0 fully saturated rings. The Bertz CT molecular complexity index is 1040. The van der Waals surface area contributed by atoms with Gasteiger partial charge >= 0.3 is 0 Å². The van der Waals surface area contributed by atoms with Gasteiger partial charge in [0, 0.05) is 28.0 Å². The van der Waals surface area contributed by atoms with Gasteiger partial charge in [-0.15, -0.1) is 11.3 Å². The number of thiophene rings is 1. The second kappa shape index (κ2) is 5.21. The summed E-state index contributed by atoms with van der Waals surface area (Å²) in [5.41, 5.74) is 3.07. The van der Waals surface area contributed by atoms with Crippen LogP contribution in [0.2, 0.25) is 0 Å². The molecule has 2 aromatic heterocycles. The summed E-state index contributed by atoms with van der Waals surface area (Å²) < 4.78 is 15.1. The molecule has 0 bridgehead atoms. The fourth-order valence-electron chi connectivity index (χ4n) is 2.66. The van der Waals surface area contributed by atoms with Gasteiger partial charge in [0.25, 0.3) is 0 Å². The number of phenolic OH excluding ortho intramolecular Hbond substituents is 1. The first kappa shape index (κ1) is 14.0. The number of aromatic hydroxyl groups is 1. The third-order valence-corrected chi connectivity index (χ3v) is 4.91. The lowest BCUT2D eigenvalue weighted by Gasteiger charge is -2.11. The van der Waals surface area contributed by atoms with Crippen molar-refractivity contribution in [2.45, 2.75) is 6.92 Å². The Kier molecular flexibility index (Phi) is 3.16. The molecule has 0 saturated heterocycles. The van der Waals surface area contributed by atoms with Crippen molar-refractivity contribution in [3.63, 3.8) is 0 Å². The average molecular weight is 324 g/mol. The molecule has 0 unspecified atom stereocenters. The molecule has 0 aliphatic carbocycles. The summed E-state index contributed by atoms with van der Waals surface area (Å²) >= 11 is 1.68. The van der Waals surface area contributed by atoms with Gasteiger partial charge < -0.3 is 10.4 Å². The third-order valence-electron chi connectivity index (χ3n) is 3.85. The molecule has 0 radical (unpaired) electrons. The lowest BCUT2D eigenvalue weighted by Crippen LogP contribution is -1.95. The van der Waals surface area contributed by atoms with Crippen molar-refractivity contribution in [1.82, 2.24) is 4.98 Å². The fraction of sp³-hybridized carbons (Fsp3) is 0.0556. The predicted octanol–water partition coefficient (Wildman–Crippen LogP) is 5.35. The molecule has 4 rings (SSSR count). The maximum atomic E-state index is 13.9. The number of nitrogens with one attached hydrogen (secondary N) is 1. The van der Waals surface area contributed by atoms with Crippen molar-refractivity contribution < 1.29 is 9.50 Å². The van der Waals surface area contributed by atoms with Crippen molar-refractivity contribution in [3.05, 3.63) is 59.4 Å². The van der Waals surface area contributed by atoms with Crippen LogP contribution in [-0.2, 0) is 0 Å². The van der Waals surface area contributed by atoms with E-state index in [1.165, 1.54) is 33.8 Å². The van der Waals surface area contributed by atoms with Crippen LogP contribution in [0.3, 0.4) is 0 Å². The lowest BCUT2D eigenvalue weighted by molar-refractivity contribution is 0.473. The van der Waals surface area contributed by atoms with Gasteiger partial charge in [0.2, 0.25) is 0 Å². The number of hydrogen-bond donors (Lipinski definition) is 2. The zero-order valence-corrected chi connectivity index (χ0v) is 13.1. The minimum atomic E-state index is -0.416. The van der Waals surface area contributed by atoms with Gasteiger partial charge in [0.15, 0.2) is 0 Å². The van der Waals surface area contributed by atoms with E-state index in [1.54, 1.807) is 23.6 Å². The number of aryl methyl sites for hydroxylation is 1. The van der Waals surface area contributed by atoms with E-state index in [9.17, 15) is 9.50 Å². The van der Waals surface area contributed by atoms with Crippen LogP contribution in [-0.4, -0.2) is 10.1 Å². The van der Waals surface area contributed by atoms with Gasteiger partial charge in [-0.2, -0.15) is 0 Å². The summed E-state index contributed by atoms with van der Waals surface area (Å²) in [7, 11) is 0. The second-order valence-corrected chi connectivity index (χ2v) is 6.34. The molecule has 0 aliphatic heterocycles. The monoisotopic (exact) mass is 324 g/mol. The van der Waals surface area contributed by atoms with Gasteiger partial charge in [-0.25, -0.2) is 4.39 Å². The number of aromatic nitrogens is 1. The largest absolute Gasteiger partial charge is 0.508 e. The first-order valence-corrected chi connectivity index (χ1v) is 8.02. The minimum absolute atomic E-state index is 0.0172. The number of hydrogen-bond acceptors (Lipinski definition) is 4. The average Bonchev–Trinajstić information content (AvgIpc) is 2.90. The number of pyridine rings is 1. The van der Waals surface area contributed by atoms with Crippen LogP contribution in [0.4, 0.5) is 15.8 Å². The molecule has 2 aromatic carbocycles. The number of benzene rings is 2. The van der Waals surface area contributed by atoms with Crippen LogP contribution in [0.5, 0.6) is 5.75 Å². The Balaban J connectivity index is 1.89. The first-order chi connectivity index (χ1) is 11.1. The topological polar surface area (TPSA) is 45.1 Å². The van der Waals surface area contributed by atoms with Gasteiger partial charge in [-0.1, -0.05) is 0 Å². The summed E-state index contributed by atoms with van der Waals surface area (Å²) in [6, 6.07) is 9.86. The van der Waals surface area contributed by atoms with E-state index < -0.39 is 5.82 Å². The predicted molar refractivity (Wildman–Crippen MR) is 93.2 cm³/mol. The van der Waals surface area contributed by atoms with Gasteiger partial charge in [-0.05, 0) is 53.6 Å². The summed E-state index contributed by atoms with van der Waals surface area (Å²) in [5.74, 6) is -0.399. The Morgan fingerprint density at radius 2 is 1.96 bits per heavy atom. The highest BCUT2D eigenvalue weighted by atomic mass is 32.1. The van der Waals surface area contributed by atoms with Gasteiger partial charge in [-0.3, -0.25) is 4.98 Å². The normalized spacial score (nSPS) is 11.2. The number of nitrogens with zero attached hydrogens (tertiary/aromatic N) is 1. The van der Waals surface area contributed by atoms with Crippen LogP contribution in [0, 0.1) is 12.7 Å². The Morgan fingerprint density at radius 1 is 1.09 bits per heavy atom. The van der Waals surface area contributed by atoms with E-state index in [-0.39, 0.29) is 11.4 Å². The third kappa shape index (κ3) is 2.39. The molecule has 2 heterocycles. The standard InChI is InChI=1S/C18H13FN2OS/c1-10-9-23-18-8-13-15(4-5-20-16(13)7-12(10)18)21-17-6-11(22)2-3-14(17)19/h2-9,22H,1H3,(H,20,21). The van der Waals surface area contributed by atoms with Crippen molar-refractivity contribution in [2.24, 2.45) is 0 Å². The molecule has 3 nitrogen and oxygen atoms in total. The van der Waals surface area contributed by atoms with Crippen LogP contribution >= 0.6 is 11.3 Å². The molecule has 4 aromatic rings. The fourth-order valence-corrected chi connectivity index (χ4v) is 3.62. The highest BCUT2D eigenvalue weighted by molar-refractivity contribution is 7.17. The molecule has 0 atom stereocenters. The lowest BCUT2D eigenvalue weighted by atomic mass is 10.1. The van der Waals surface area contributed by atoms with Crippen molar-refractivity contribution >= 4 is 43.7 Å². The molecular weight excluding hydrogens is 311 g/mol. The van der Waals surface area contributed by atoms with Crippen LogP contribution in [0.1, 0.15) is 5.56 Å².